The van der Waals surface area contributed by atoms with Crippen molar-refractivity contribution in [1.82, 2.24) is 15.2 Å². The van der Waals surface area contributed by atoms with E-state index in [1.165, 1.54) is 32.1 Å². The lowest BCUT2D eigenvalue weighted by molar-refractivity contribution is 0.429. The molecule has 0 bridgehead atoms. The molecule has 1 fully saturated rings. The molecule has 0 aliphatic heterocycles. The van der Waals surface area contributed by atoms with Gasteiger partial charge in [-0.15, -0.1) is 0 Å². The normalized spacial score (nSPS) is 17.9. The Balaban J connectivity index is 2.04. The molecule has 0 atom stereocenters. The SMILES string of the molecule is N#CCc1nc(C2CCCCC2)n[nH]1. The summed E-state index contributed by atoms with van der Waals surface area (Å²) in [6, 6.07) is 2.07. The van der Waals surface area contributed by atoms with E-state index in [1.54, 1.807) is 0 Å². The average molecular weight is 190 g/mol. The van der Waals surface area contributed by atoms with E-state index in [2.05, 4.69) is 21.3 Å². The van der Waals surface area contributed by atoms with E-state index >= 15 is 0 Å². The molecule has 1 heterocycles. The van der Waals surface area contributed by atoms with Crippen LogP contribution in [0.1, 0.15) is 49.7 Å². The second kappa shape index (κ2) is 4.23. The van der Waals surface area contributed by atoms with E-state index in [4.69, 9.17) is 5.26 Å². The summed E-state index contributed by atoms with van der Waals surface area (Å²) < 4.78 is 0. The summed E-state index contributed by atoms with van der Waals surface area (Å²) in [5.74, 6) is 2.13. The van der Waals surface area contributed by atoms with E-state index in [0.717, 1.165) is 5.82 Å². The zero-order chi connectivity index (χ0) is 9.80. The van der Waals surface area contributed by atoms with Crippen molar-refractivity contribution >= 4 is 0 Å². The minimum absolute atomic E-state index is 0.333. The van der Waals surface area contributed by atoms with Crippen molar-refractivity contribution < 1.29 is 0 Å². The second-order valence-corrected chi connectivity index (χ2v) is 3.81. The number of nitrogens with one attached hydrogen (secondary N) is 1. The molecule has 74 valence electrons. The van der Waals surface area contributed by atoms with E-state index in [9.17, 15) is 0 Å². The van der Waals surface area contributed by atoms with Gasteiger partial charge in [0.1, 0.15) is 5.82 Å². The Morgan fingerprint density at radius 1 is 1.36 bits per heavy atom. The third kappa shape index (κ3) is 1.92. The molecule has 0 spiro atoms. The molecule has 2 rings (SSSR count). The van der Waals surface area contributed by atoms with Crippen molar-refractivity contribution in [3.63, 3.8) is 0 Å². The number of hydrogen-bond acceptors (Lipinski definition) is 3. The van der Waals surface area contributed by atoms with Crippen molar-refractivity contribution in [2.75, 3.05) is 0 Å². The molecule has 1 aromatic rings. The highest BCUT2D eigenvalue weighted by Gasteiger charge is 2.19. The number of aromatic amines is 1. The van der Waals surface area contributed by atoms with Gasteiger partial charge in [-0.25, -0.2) is 4.98 Å². The first-order valence-corrected chi connectivity index (χ1v) is 5.18. The summed E-state index contributed by atoms with van der Waals surface area (Å²) in [4.78, 5) is 4.33. The Morgan fingerprint density at radius 3 is 2.86 bits per heavy atom. The number of rotatable bonds is 2. The summed E-state index contributed by atoms with van der Waals surface area (Å²) in [5.41, 5.74) is 0. The lowest BCUT2D eigenvalue weighted by Gasteiger charge is -2.17. The minimum atomic E-state index is 0.333. The van der Waals surface area contributed by atoms with Gasteiger partial charge in [-0.1, -0.05) is 19.3 Å². The number of aromatic nitrogens is 3. The van der Waals surface area contributed by atoms with Gasteiger partial charge in [0, 0.05) is 5.92 Å². The van der Waals surface area contributed by atoms with E-state index < -0.39 is 0 Å². The van der Waals surface area contributed by atoms with Gasteiger partial charge in [0.05, 0.1) is 12.5 Å². The molecule has 0 amide bonds. The largest absolute Gasteiger partial charge is 0.262 e. The summed E-state index contributed by atoms with van der Waals surface area (Å²) >= 11 is 0. The Labute approximate surface area is 83.4 Å². The number of nitrogens with zero attached hydrogens (tertiary/aromatic N) is 3. The first-order valence-electron chi connectivity index (χ1n) is 5.18. The quantitative estimate of drug-likeness (QED) is 0.774. The highest BCUT2D eigenvalue weighted by atomic mass is 15.2. The van der Waals surface area contributed by atoms with Crippen LogP contribution in [-0.2, 0) is 6.42 Å². The number of hydrogen-bond donors (Lipinski definition) is 1. The molecule has 1 aromatic heterocycles. The van der Waals surface area contributed by atoms with Gasteiger partial charge in [-0.2, -0.15) is 10.4 Å². The predicted octanol–water partition coefficient (Wildman–Crippen LogP) is 1.92. The van der Waals surface area contributed by atoms with Crippen LogP contribution in [0.2, 0.25) is 0 Å². The lowest BCUT2D eigenvalue weighted by Crippen LogP contribution is -2.06. The Hall–Kier alpha value is -1.37. The average Bonchev–Trinajstić information content (AvgIpc) is 2.68. The maximum absolute atomic E-state index is 8.50. The minimum Gasteiger partial charge on any atom is -0.262 e. The maximum atomic E-state index is 8.50. The van der Waals surface area contributed by atoms with Crippen LogP contribution in [0.15, 0.2) is 0 Å². The van der Waals surface area contributed by atoms with Gasteiger partial charge in [0.25, 0.3) is 0 Å². The molecule has 0 unspecified atom stereocenters. The molecule has 0 radical (unpaired) electrons. The summed E-state index contributed by atoms with van der Waals surface area (Å²) in [6.45, 7) is 0. The van der Waals surface area contributed by atoms with Gasteiger partial charge < -0.3 is 0 Å². The van der Waals surface area contributed by atoms with Crippen LogP contribution in [0.4, 0.5) is 0 Å². The van der Waals surface area contributed by atoms with Crippen LogP contribution in [0, 0.1) is 11.3 Å². The molecular weight excluding hydrogens is 176 g/mol. The van der Waals surface area contributed by atoms with Gasteiger partial charge in [0.15, 0.2) is 5.82 Å². The molecule has 4 nitrogen and oxygen atoms in total. The summed E-state index contributed by atoms with van der Waals surface area (Å²) in [5, 5.41) is 15.5. The summed E-state index contributed by atoms with van der Waals surface area (Å²) in [6.07, 6.45) is 6.64. The molecule has 0 saturated heterocycles. The van der Waals surface area contributed by atoms with Gasteiger partial charge in [0.2, 0.25) is 0 Å². The third-order valence-corrected chi connectivity index (χ3v) is 2.77. The fraction of sp³-hybridized carbons (Fsp3) is 0.700. The topological polar surface area (TPSA) is 65.4 Å². The third-order valence-electron chi connectivity index (χ3n) is 2.77. The van der Waals surface area contributed by atoms with Gasteiger partial charge >= 0.3 is 0 Å². The summed E-state index contributed by atoms with van der Waals surface area (Å²) in [7, 11) is 0. The van der Waals surface area contributed by atoms with Crippen molar-refractivity contribution in [1.29, 1.82) is 5.26 Å². The van der Waals surface area contributed by atoms with Crippen LogP contribution in [0.3, 0.4) is 0 Å². The monoisotopic (exact) mass is 190 g/mol. The zero-order valence-corrected chi connectivity index (χ0v) is 8.16. The fourth-order valence-electron chi connectivity index (χ4n) is 2.01. The van der Waals surface area contributed by atoms with Crippen LogP contribution >= 0.6 is 0 Å². The van der Waals surface area contributed by atoms with Crippen molar-refractivity contribution in [3.05, 3.63) is 11.6 Å². The molecule has 1 N–H and O–H groups in total. The van der Waals surface area contributed by atoms with Crippen molar-refractivity contribution in [2.24, 2.45) is 0 Å². The lowest BCUT2D eigenvalue weighted by atomic mass is 9.89. The second-order valence-electron chi connectivity index (χ2n) is 3.81. The van der Waals surface area contributed by atoms with E-state index in [1.807, 2.05) is 0 Å². The van der Waals surface area contributed by atoms with Crippen molar-refractivity contribution in [2.45, 2.75) is 44.4 Å². The molecule has 4 heteroatoms. The van der Waals surface area contributed by atoms with E-state index in [-0.39, 0.29) is 0 Å². The molecule has 0 aromatic carbocycles. The fourth-order valence-corrected chi connectivity index (χ4v) is 2.01. The van der Waals surface area contributed by atoms with Crippen LogP contribution in [0.25, 0.3) is 0 Å². The molecule has 1 aliphatic rings. The Bertz CT molecular complexity index is 330. The Morgan fingerprint density at radius 2 is 2.14 bits per heavy atom. The van der Waals surface area contributed by atoms with E-state index in [0.29, 0.717) is 18.2 Å². The number of nitriles is 1. The smallest absolute Gasteiger partial charge is 0.153 e. The maximum Gasteiger partial charge on any atom is 0.153 e. The standard InChI is InChI=1S/C10H14N4/c11-7-6-9-12-10(14-13-9)8-4-2-1-3-5-8/h8H,1-6H2,(H,12,13,14). The molecule has 14 heavy (non-hydrogen) atoms. The van der Waals surface area contributed by atoms with Crippen molar-refractivity contribution in [3.8, 4) is 6.07 Å². The predicted molar refractivity (Wildman–Crippen MR) is 51.5 cm³/mol. The molecule has 1 aliphatic carbocycles. The van der Waals surface area contributed by atoms with Crippen LogP contribution < -0.4 is 0 Å². The van der Waals surface area contributed by atoms with Crippen LogP contribution in [0.5, 0.6) is 0 Å². The molecular formula is C10H14N4. The molecule has 1 saturated carbocycles. The zero-order valence-electron chi connectivity index (χ0n) is 8.16. The first kappa shape index (κ1) is 9.20. The highest BCUT2D eigenvalue weighted by Crippen LogP contribution is 2.30. The Kier molecular flexibility index (Phi) is 2.78. The first-order chi connectivity index (χ1) is 6.90. The van der Waals surface area contributed by atoms with Gasteiger partial charge in [-0.05, 0) is 12.8 Å². The van der Waals surface area contributed by atoms with Crippen LogP contribution in [-0.4, -0.2) is 15.2 Å². The highest BCUT2D eigenvalue weighted by molar-refractivity contribution is 5.02. The number of H-pyrrole nitrogens is 1. The van der Waals surface area contributed by atoms with Gasteiger partial charge in [-0.3, -0.25) is 5.10 Å².